The van der Waals surface area contributed by atoms with E-state index in [2.05, 4.69) is 10.2 Å². The van der Waals surface area contributed by atoms with Crippen LogP contribution in [0.25, 0.3) is 22.3 Å². The van der Waals surface area contributed by atoms with Crippen LogP contribution in [0, 0.1) is 19.7 Å². The summed E-state index contributed by atoms with van der Waals surface area (Å²) in [7, 11) is 0. The van der Waals surface area contributed by atoms with E-state index in [0.717, 1.165) is 5.56 Å². The van der Waals surface area contributed by atoms with Crippen LogP contribution in [0.1, 0.15) is 11.3 Å². The van der Waals surface area contributed by atoms with Crippen molar-refractivity contribution in [3.05, 3.63) is 82.2 Å². The number of rotatable bonds is 2. The highest BCUT2D eigenvalue weighted by molar-refractivity contribution is 5.81. The quantitative estimate of drug-likeness (QED) is 0.565. The maximum Gasteiger partial charge on any atom is 0.298 e. The summed E-state index contributed by atoms with van der Waals surface area (Å²) >= 11 is 0. The third-order valence-corrected chi connectivity index (χ3v) is 4.15. The van der Waals surface area contributed by atoms with E-state index in [-0.39, 0.29) is 11.4 Å². The largest absolute Gasteiger partial charge is 0.298 e. The van der Waals surface area contributed by atoms with Crippen LogP contribution in [0.5, 0.6) is 0 Å². The molecule has 124 valence electrons. The first kappa shape index (κ1) is 15.3. The Labute approximate surface area is 143 Å². The van der Waals surface area contributed by atoms with Crippen LogP contribution < -0.4 is 5.56 Å². The van der Waals surface area contributed by atoms with E-state index in [0.29, 0.717) is 28.0 Å². The number of halogens is 1. The molecule has 4 aromatic rings. The van der Waals surface area contributed by atoms with Gasteiger partial charge in [0.1, 0.15) is 11.3 Å². The van der Waals surface area contributed by atoms with Crippen molar-refractivity contribution in [3.63, 3.8) is 0 Å². The third kappa shape index (κ3) is 2.52. The van der Waals surface area contributed by atoms with E-state index < -0.39 is 0 Å². The first-order valence-corrected chi connectivity index (χ1v) is 7.85. The van der Waals surface area contributed by atoms with Crippen LogP contribution >= 0.6 is 0 Å². The molecule has 0 aliphatic rings. The van der Waals surface area contributed by atoms with Gasteiger partial charge in [0.25, 0.3) is 5.56 Å². The van der Waals surface area contributed by atoms with Gasteiger partial charge >= 0.3 is 0 Å². The molecule has 0 radical (unpaired) electrons. The van der Waals surface area contributed by atoms with Gasteiger partial charge in [-0.3, -0.25) is 4.79 Å². The normalized spacial score (nSPS) is 11.2. The predicted molar refractivity (Wildman–Crippen MR) is 93.9 cm³/mol. The zero-order valence-electron chi connectivity index (χ0n) is 13.8. The standard InChI is InChI=1S/C19H15FN4O/c1-12-3-7-16(8-4-12)24-19(25)18-17(13(2)22-24)11-21-23(18)15-9-5-14(20)6-10-15/h3-11H,1-2H3. The Balaban J connectivity index is 2.00. The number of aromatic nitrogens is 4. The smallest absolute Gasteiger partial charge is 0.265 e. The summed E-state index contributed by atoms with van der Waals surface area (Å²) in [6, 6.07) is 13.4. The molecule has 4 rings (SSSR count). The first-order chi connectivity index (χ1) is 12.0. The zero-order valence-corrected chi connectivity index (χ0v) is 13.8. The number of fused-ring (bicyclic) bond motifs is 1. The fourth-order valence-electron chi connectivity index (χ4n) is 2.81. The summed E-state index contributed by atoms with van der Waals surface area (Å²) in [6.07, 6.45) is 1.61. The molecule has 0 aliphatic heterocycles. The highest BCUT2D eigenvalue weighted by Gasteiger charge is 2.15. The molecule has 0 aliphatic carbocycles. The topological polar surface area (TPSA) is 52.7 Å². The van der Waals surface area contributed by atoms with Crippen LogP contribution in [0.15, 0.2) is 59.5 Å². The Morgan fingerprint density at radius 2 is 1.48 bits per heavy atom. The molecule has 0 N–H and O–H groups in total. The lowest BCUT2D eigenvalue weighted by molar-refractivity contribution is 0.627. The minimum absolute atomic E-state index is 0.272. The fraction of sp³-hybridized carbons (Fsp3) is 0.105. The Kier molecular flexibility index (Phi) is 3.46. The monoisotopic (exact) mass is 334 g/mol. The van der Waals surface area contributed by atoms with E-state index in [9.17, 15) is 9.18 Å². The van der Waals surface area contributed by atoms with Crippen molar-refractivity contribution in [1.82, 2.24) is 19.6 Å². The van der Waals surface area contributed by atoms with Crippen LogP contribution in [0.3, 0.4) is 0 Å². The molecular weight excluding hydrogens is 319 g/mol. The van der Waals surface area contributed by atoms with E-state index in [4.69, 9.17) is 0 Å². The van der Waals surface area contributed by atoms with Gasteiger partial charge < -0.3 is 0 Å². The van der Waals surface area contributed by atoms with Crippen molar-refractivity contribution in [1.29, 1.82) is 0 Å². The number of nitrogens with zero attached hydrogens (tertiary/aromatic N) is 4. The molecule has 2 aromatic carbocycles. The lowest BCUT2D eigenvalue weighted by Crippen LogP contribution is -2.24. The summed E-state index contributed by atoms with van der Waals surface area (Å²) < 4.78 is 16.1. The van der Waals surface area contributed by atoms with E-state index in [1.165, 1.54) is 21.5 Å². The molecular formula is C19H15FN4O. The molecule has 0 saturated carbocycles. The average Bonchev–Trinajstić information content (AvgIpc) is 3.06. The lowest BCUT2D eigenvalue weighted by Gasteiger charge is -2.09. The number of hydrogen-bond acceptors (Lipinski definition) is 3. The number of hydrogen-bond donors (Lipinski definition) is 0. The average molecular weight is 334 g/mol. The highest BCUT2D eigenvalue weighted by atomic mass is 19.1. The summed E-state index contributed by atoms with van der Waals surface area (Å²) in [5.41, 5.74) is 3.25. The van der Waals surface area contributed by atoms with Gasteiger partial charge in [0, 0.05) is 5.39 Å². The van der Waals surface area contributed by atoms with E-state index in [1.807, 2.05) is 38.1 Å². The zero-order chi connectivity index (χ0) is 17.6. The summed E-state index contributed by atoms with van der Waals surface area (Å²) in [6.45, 7) is 3.82. The lowest BCUT2D eigenvalue weighted by atomic mass is 10.2. The summed E-state index contributed by atoms with van der Waals surface area (Å²) in [5.74, 6) is -0.338. The van der Waals surface area contributed by atoms with Crippen molar-refractivity contribution in [2.45, 2.75) is 13.8 Å². The van der Waals surface area contributed by atoms with Gasteiger partial charge in [-0.1, -0.05) is 17.7 Å². The van der Waals surface area contributed by atoms with Gasteiger partial charge in [-0.15, -0.1) is 0 Å². The molecule has 25 heavy (non-hydrogen) atoms. The van der Waals surface area contributed by atoms with E-state index >= 15 is 0 Å². The molecule has 0 unspecified atom stereocenters. The molecule has 0 saturated heterocycles. The third-order valence-electron chi connectivity index (χ3n) is 4.15. The maximum absolute atomic E-state index is 13.2. The molecule has 0 fully saturated rings. The van der Waals surface area contributed by atoms with Gasteiger partial charge in [-0.2, -0.15) is 14.9 Å². The maximum atomic E-state index is 13.2. The first-order valence-electron chi connectivity index (χ1n) is 7.85. The molecule has 0 amide bonds. The van der Waals surface area contributed by atoms with Crippen LogP contribution in [0.4, 0.5) is 4.39 Å². The van der Waals surface area contributed by atoms with Gasteiger partial charge in [0.15, 0.2) is 0 Å². The minimum atomic E-state index is -0.338. The van der Waals surface area contributed by atoms with Gasteiger partial charge in [0.2, 0.25) is 0 Å². The number of aryl methyl sites for hydroxylation is 2. The molecule has 0 atom stereocenters. The van der Waals surface area contributed by atoms with Crippen molar-refractivity contribution in [3.8, 4) is 11.4 Å². The van der Waals surface area contributed by atoms with Crippen molar-refractivity contribution >= 4 is 10.9 Å². The van der Waals surface area contributed by atoms with Gasteiger partial charge in [-0.05, 0) is 50.2 Å². The van der Waals surface area contributed by atoms with Crippen LogP contribution in [-0.4, -0.2) is 19.6 Å². The van der Waals surface area contributed by atoms with Gasteiger partial charge in [-0.25, -0.2) is 9.07 Å². The van der Waals surface area contributed by atoms with E-state index in [1.54, 1.807) is 18.3 Å². The second kappa shape index (κ2) is 5.66. The second-order valence-electron chi connectivity index (χ2n) is 5.93. The van der Waals surface area contributed by atoms with Crippen LogP contribution in [-0.2, 0) is 0 Å². The second-order valence-corrected chi connectivity index (χ2v) is 5.93. The minimum Gasteiger partial charge on any atom is -0.265 e. The van der Waals surface area contributed by atoms with Crippen molar-refractivity contribution < 1.29 is 4.39 Å². The summed E-state index contributed by atoms with van der Waals surface area (Å²) in [4.78, 5) is 13.1. The predicted octanol–water partition coefficient (Wildman–Crippen LogP) is 3.33. The molecule has 0 spiro atoms. The molecule has 2 aromatic heterocycles. The Bertz CT molecular complexity index is 1130. The highest BCUT2D eigenvalue weighted by Crippen LogP contribution is 2.18. The fourth-order valence-corrected chi connectivity index (χ4v) is 2.81. The summed E-state index contributed by atoms with van der Waals surface area (Å²) in [5, 5.41) is 9.40. The molecule has 5 nitrogen and oxygen atoms in total. The SMILES string of the molecule is Cc1ccc(-n2nc(C)c3cnn(-c4ccc(F)cc4)c3c2=O)cc1. The van der Waals surface area contributed by atoms with Crippen molar-refractivity contribution in [2.24, 2.45) is 0 Å². The molecule has 6 heteroatoms. The van der Waals surface area contributed by atoms with Gasteiger partial charge in [0.05, 0.1) is 23.3 Å². The van der Waals surface area contributed by atoms with Crippen LogP contribution in [0.2, 0.25) is 0 Å². The number of benzene rings is 2. The molecule has 0 bridgehead atoms. The van der Waals surface area contributed by atoms with Crippen molar-refractivity contribution in [2.75, 3.05) is 0 Å². The molecule has 2 heterocycles. The Morgan fingerprint density at radius 1 is 0.880 bits per heavy atom. The Morgan fingerprint density at radius 3 is 2.16 bits per heavy atom. The Hall–Kier alpha value is -3.28.